The maximum Gasteiger partial charge on any atom is 0.258 e. The van der Waals surface area contributed by atoms with Crippen molar-refractivity contribution in [1.29, 1.82) is 0 Å². The van der Waals surface area contributed by atoms with Gasteiger partial charge in [0.25, 0.3) is 5.91 Å². The Hall–Kier alpha value is -2.22. The molecule has 2 aromatic carbocycles. The number of aromatic nitrogens is 1. The molecule has 0 saturated heterocycles. The summed E-state index contributed by atoms with van der Waals surface area (Å²) in [5.74, 6) is 4.19. The SMILES string of the molecule is NNc1nc2c(Cl)cc(NC(=O)c3ccccc3F)cc2s1. The Balaban J connectivity index is 1.94. The highest BCUT2D eigenvalue weighted by Crippen LogP contribution is 2.33. The van der Waals surface area contributed by atoms with Gasteiger partial charge in [-0.3, -0.25) is 10.2 Å². The first-order valence-corrected chi connectivity index (χ1v) is 7.40. The maximum absolute atomic E-state index is 13.6. The fraction of sp³-hybridized carbons (Fsp3) is 0. The largest absolute Gasteiger partial charge is 0.322 e. The fourth-order valence-corrected chi connectivity index (χ4v) is 3.13. The fourth-order valence-electron chi connectivity index (χ4n) is 1.97. The van der Waals surface area contributed by atoms with Gasteiger partial charge in [-0.05, 0) is 24.3 Å². The predicted octanol–water partition coefficient (Wildman–Crippen LogP) is 3.63. The van der Waals surface area contributed by atoms with E-state index in [1.807, 2.05) is 0 Å². The Morgan fingerprint density at radius 2 is 2.09 bits per heavy atom. The van der Waals surface area contributed by atoms with Gasteiger partial charge >= 0.3 is 0 Å². The van der Waals surface area contributed by atoms with Crippen molar-refractivity contribution in [3.63, 3.8) is 0 Å². The Labute approximate surface area is 133 Å². The molecule has 3 aromatic rings. The molecule has 0 atom stereocenters. The lowest BCUT2D eigenvalue weighted by molar-refractivity contribution is 0.102. The molecule has 0 aliphatic rings. The van der Waals surface area contributed by atoms with Crippen molar-refractivity contribution >= 4 is 49.9 Å². The number of rotatable bonds is 3. The van der Waals surface area contributed by atoms with E-state index in [-0.39, 0.29) is 5.56 Å². The molecular weight excluding hydrogens is 327 g/mol. The van der Waals surface area contributed by atoms with Gasteiger partial charge in [-0.1, -0.05) is 35.1 Å². The van der Waals surface area contributed by atoms with Crippen LogP contribution in [0, 0.1) is 5.82 Å². The van der Waals surface area contributed by atoms with E-state index in [1.54, 1.807) is 18.2 Å². The highest BCUT2D eigenvalue weighted by molar-refractivity contribution is 7.22. The zero-order chi connectivity index (χ0) is 15.7. The Morgan fingerprint density at radius 3 is 2.82 bits per heavy atom. The van der Waals surface area contributed by atoms with Crippen LogP contribution in [0.5, 0.6) is 0 Å². The number of fused-ring (bicyclic) bond motifs is 1. The van der Waals surface area contributed by atoms with E-state index in [4.69, 9.17) is 17.4 Å². The van der Waals surface area contributed by atoms with E-state index in [0.717, 1.165) is 4.70 Å². The quantitative estimate of drug-likeness (QED) is 0.504. The number of nitrogens with one attached hydrogen (secondary N) is 2. The maximum atomic E-state index is 13.6. The summed E-state index contributed by atoms with van der Waals surface area (Å²) in [4.78, 5) is 16.3. The van der Waals surface area contributed by atoms with Crippen molar-refractivity contribution in [3.8, 4) is 0 Å². The van der Waals surface area contributed by atoms with Crippen molar-refractivity contribution in [3.05, 3.63) is 52.8 Å². The highest BCUT2D eigenvalue weighted by Gasteiger charge is 2.13. The third-order valence-corrected chi connectivity index (χ3v) is 4.17. The van der Waals surface area contributed by atoms with Crippen molar-refractivity contribution in [1.82, 2.24) is 4.98 Å². The second kappa shape index (κ2) is 5.88. The number of thiazole rings is 1. The van der Waals surface area contributed by atoms with Gasteiger partial charge < -0.3 is 5.32 Å². The summed E-state index contributed by atoms with van der Waals surface area (Å²) >= 11 is 7.44. The van der Waals surface area contributed by atoms with Crippen LogP contribution in [0.1, 0.15) is 10.4 Å². The van der Waals surface area contributed by atoms with E-state index in [9.17, 15) is 9.18 Å². The lowest BCUT2D eigenvalue weighted by atomic mass is 10.2. The van der Waals surface area contributed by atoms with Crippen molar-refractivity contribution in [2.45, 2.75) is 0 Å². The monoisotopic (exact) mass is 336 g/mol. The molecule has 22 heavy (non-hydrogen) atoms. The number of benzene rings is 2. The van der Waals surface area contributed by atoms with E-state index in [2.05, 4.69) is 15.7 Å². The predicted molar refractivity (Wildman–Crippen MR) is 86.8 cm³/mol. The van der Waals surface area contributed by atoms with Gasteiger partial charge in [-0.25, -0.2) is 15.2 Å². The van der Waals surface area contributed by atoms with Crippen LogP contribution < -0.4 is 16.6 Å². The van der Waals surface area contributed by atoms with Crippen LogP contribution in [0.4, 0.5) is 15.2 Å². The van der Waals surface area contributed by atoms with Crippen LogP contribution in [-0.2, 0) is 0 Å². The molecule has 4 N–H and O–H groups in total. The number of anilines is 2. The minimum absolute atomic E-state index is 0.0349. The van der Waals surface area contributed by atoms with E-state index >= 15 is 0 Å². The summed E-state index contributed by atoms with van der Waals surface area (Å²) in [5, 5.41) is 3.51. The molecule has 0 radical (unpaired) electrons. The summed E-state index contributed by atoms with van der Waals surface area (Å²) in [7, 11) is 0. The van der Waals surface area contributed by atoms with Gasteiger partial charge in [0.05, 0.1) is 15.3 Å². The summed E-state index contributed by atoms with van der Waals surface area (Å²) in [6.45, 7) is 0. The second-order valence-corrected chi connectivity index (χ2v) is 5.84. The van der Waals surface area contributed by atoms with Gasteiger partial charge in [0.1, 0.15) is 11.3 Å². The number of amides is 1. The van der Waals surface area contributed by atoms with Gasteiger partial charge in [-0.15, -0.1) is 0 Å². The number of carbonyl (C=O) groups excluding carboxylic acids is 1. The van der Waals surface area contributed by atoms with Gasteiger partial charge in [0.2, 0.25) is 0 Å². The van der Waals surface area contributed by atoms with E-state index in [1.165, 1.54) is 29.5 Å². The summed E-state index contributed by atoms with van der Waals surface area (Å²) < 4.78 is 14.4. The smallest absolute Gasteiger partial charge is 0.258 e. The lowest BCUT2D eigenvalue weighted by Crippen LogP contribution is -2.13. The normalized spacial score (nSPS) is 10.7. The second-order valence-electron chi connectivity index (χ2n) is 4.40. The molecule has 3 rings (SSSR count). The van der Waals surface area contributed by atoms with E-state index in [0.29, 0.717) is 21.4 Å². The minimum Gasteiger partial charge on any atom is -0.322 e. The minimum atomic E-state index is -0.584. The molecule has 0 fully saturated rings. The van der Waals surface area contributed by atoms with Gasteiger partial charge in [0, 0.05) is 5.69 Å². The molecule has 8 heteroatoms. The number of hydrazine groups is 1. The molecule has 0 aliphatic carbocycles. The number of carbonyl (C=O) groups is 1. The summed E-state index contributed by atoms with van der Waals surface area (Å²) in [6.07, 6.45) is 0. The third-order valence-electron chi connectivity index (χ3n) is 2.95. The van der Waals surface area contributed by atoms with E-state index < -0.39 is 11.7 Å². The number of halogens is 2. The molecule has 0 saturated carbocycles. The molecule has 1 heterocycles. The van der Waals surface area contributed by atoms with Gasteiger partial charge in [0.15, 0.2) is 5.13 Å². The Kier molecular flexibility index (Phi) is 3.93. The molecule has 0 unspecified atom stereocenters. The first-order chi connectivity index (χ1) is 10.6. The molecule has 0 spiro atoms. The molecular formula is C14H10ClFN4OS. The van der Waals surface area contributed by atoms with Crippen molar-refractivity contribution in [2.75, 3.05) is 10.7 Å². The lowest BCUT2D eigenvalue weighted by Gasteiger charge is -2.06. The Morgan fingerprint density at radius 1 is 1.32 bits per heavy atom. The standard InChI is InChI=1S/C14H10ClFN4OS/c15-9-5-7(6-11-12(9)19-14(20-17)22-11)18-13(21)8-3-1-2-4-10(8)16/h1-6H,17H2,(H,18,21)(H,19,20). The zero-order valence-corrected chi connectivity index (χ0v) is 12.6. The van der Waals surface area contributed by atoms with Crippen LogP contribution >= 0.6 is 22.9 Å². The summed E-state index contributed by atoms with van der Waals surface area (Å²) in [5.41, 5.74) is 3.46. The molecule has 5 nitrogen and oxygen atoms in total. The van der Waals surface area contributed by atoms with Gasteiger partial charge in [-0.2, -0.15) is 0 Å². The topological polar surface area (TPSA) is 80.0 Å². The van der Waals surface area contributed by atoms with Crippen LogP contribution in [-0.4, -0.2) is 10.9 Å². The van der Waals surface area contributed by atoms with Crippen molar-refractivity contribution < 1.29 is 9.18 Å². The number of hydrogen-bond donors (Lipinski definition) is 3. The number of hydrogen-bond acceptors (Lipinski definition) is 5. The van der Waals surface area contributed by atoms with Crippen LogP contribution in [0.15, 0.2) is 36.4 Å². The Bertz CT molecular complexity index is 867. The highest BCUT2D eigenvalue weighted by atomic mass is 35.5. The van der Waals surface area contributed by atoms with Crippen molar-refractivity contribution in [2.24, 2.45) is 5.84 Å². The zero-order valence-electron chi connectivity index (χ0n) is 11.1. The molecule has 0 aliphatic heterocycles. The average Bonchev–Trinajstić information content (AvgIpc) is 2.91. The summed E-state index contributed by atoms with van der Waals surface area (Å²) in [6, 6.07) is 9.02. The van der Waals surface area contributed by atoms with Crippen LogP contribution in [0.25, 0.3) is 10.2 Å². The average molecular weight is 337 g/mol. The molecule has 112 valence electrons. The molecule has 1 amide bonds. The number of nitrogens with two attached hydrogens (primary N) is 1. The third kappa shape index (κ3) is 2.74. The molecule has 1 aromatic heterocycles. The van der Waals surface area contributed by atoms with Crippen LogP contribution in [0.2, 0.25) is 5.02 Å². The number of nitrogens with zero attached hydrogens (tertiary/aromatic N) is 1. The number of nitrogen functional groups attached to an aromatic ring is 1. The van der Waals surface area contributed by atoms with Crippen LogP contribution in [0.3, 0.4) is 0 Å². The first kappa shape index (κ1) is 14.7. The molecule has 0 bridgehead atoms. The first-order valence-electron chi connectivity index (χ1n) is 6.21.